The lowest BCUT2D eigenvalue weighted by molar-refractivity contribution is -0.133. The number of amides is 4. The van der Waals surface area contributed by atoms with Gasteiger partial charge in [0.1, 0.15) is 18.2 Å². The van der Waals surface area contributed by atoms with Gasteiger partial charge in [-0.1, -0.05) is 39.7 Å². The molecule has 0 bridgehead atoms. The number of hydrogen-bond acceptors (Lipinski definition) is 4. The minimum Gasteiger partial charge on any atom is -0.324 e. The Kier molecular flexibility index (Phi) is 5.40. The van der Waals surface area contributed by atoms with Crippen molar-refractivity contribution in [2.45, 2.75) is 12.5 Å². The van der Waals surface area contributed by atoms with Crippen LogP contribution in [0.4, 0.5) is 10.5 Å². The number of halogens is 2. The predicted molar refractivity (Wildman–Crippen MR) is 107 cm³/mol. The van der Waals surface area contributed by atoms with Crippen LogP contribution < -0.4 is 10.6 Å². The Balaban J connectivity index is 1.75. The maximum absolute atomic E-state index is 12.9. The molecule has 1 atom stereocenters. The summed E-state index contributed by atoms with van der Waals surface area (Å²) in [4.78, 5) is 38.4. The molecular formula is C19H14BrClN4O3. The van der Waals surface area contributed by atoms with Crippen molar-refractivity contribution in [2.24, 2.45) is 0 Å². The number of nitrogens with one attached hydrogen (secondary N) is 2. The molecule has 2 aromatic rings. The van der Waals surface area contributed by atoms with E-state index in [0.717, 1.165) is 9.37 Å². The van der Waals surface area contributed by atoms with Crippen molar-refractivity contribution >= 4 is 51.1 Å². The Hall–Kier alpha value is -2.89. The van der Waals surface area contributed by atoms with Crippen LogP contribution in [0.5, 0.6) is 0 Å². The molecule has 28 heavy (non-hydrogen) atoms. The van der Waals surface area contributed by atoms with Crippen molar-refractivity contribution in [3.63, 3.8) is 0 Å². The standard InChI is InChI=1S/C19H14BrClN4O3/c1-19(12-3-2-4-13(20)7-12)17(27)25(18(28)24-19)10-16(26)23-14-6-5-11(9-22)15(21)8-14/h2-8H,10H2,1H3,(H,23,26)(H,24,28). The highest BCUT2D eigenvalue weighted by atomic mass is 79.9. The number of anilines is 1. The molecule has 3 rings (SSSR count). The Labute approximate surface area is 174 Å². The van der Waals surface area contributed by atoms with Crippen molar-refractivity contribution in [3.05, 3.63) is 63.1 Å². The highest BCUT2D eigenvalue weighted by Gasteiger charge is 2.49. The van der Waals surface area contributed by atoms with E-state index < -0.39 is 29.9 Å². The second-order valence-electron chi connectivity index (χ2n) is 6.31. The van der Waals surface area contributed by atoms with Crippen LogP contribution in [0.15, 0.2) is 46.9 Å². The molecule has 0 aromatic heterocycles. The van der Waals surface area contributed by atoms with Gasteiger partial charge in [0, 0.05) is 10.2 Å². The molecule has 1 unspecified atom stereocenters. The average Bonchev–Trinajstić information content (AvgIpc) is 2.86. The molecule has 1 fully saturated rings. The third-order valence-electron chi connectivity index (χ3n) is 4.35. The number of benzene rings is 2. The zero-order chi connectivity index (χ0) is 20.5. The van der Waals surface area contributed by atoms with Crippen LogP contribution in [0.3, 0.4) is 0 Å². The Morgan fingerprint density at radius 3 is 2.71 bits per heavy atom. The highest BCUT2D eigenvalue weighted by Crippen LogP contribution is 2.30. The van der Waals surface area contributed by atoms with Gasteiger partial charge in [0.15, 0.2) is 0 Å². The van der Waals surface area contributed by atoms with Gasteiger partial charge in [0.2, 0.25) is 5.91 Å². The van der Waals surface area contributed by atoms with E-state index in [4.69, 9.17) is 16.9 Å². The summed E-state index contributed by atoms with van der Waals surface area (Å²) in [6.07, 6.45) is 0. The van der Waals surface area contributed by atoms with Crippen molar-refractivity contribution in [1.82, 2.24) is 10.2 Å². The van der Waals surface area contributed by atoms with E-state index in [1.54, 1.807) is 25.1 Å². The summed E-state index contributed by atoms with van der Waals surface area (Å²) in [5.41, 5.74) is -0.0322. The first-order valence-electron chi connectivity index (χ1n) is 8.14. The maximum atomic E-state index is 12.9. The van der Waals surface area contributed by atoms with E-state index >= 15 is 0 Å². The number of carbonyl (C=O) groups is 3. The zero-order valence-corrected chi connectivity index (χ0v) is 17.0. The topological polar surface area (TPSA) is 102 Å². The highest BCUT2D eigenvalue weighted by molar-refractivity contribution is 9.10. The van der Waals surface area contributed by atoms with Crippen LogP contribution in [0.25, 0.3) is 0 Å². The molecule has 1 aliphatic heterocycles. The molecule has 9 heteroatoms. The zero-order valence-electron chi connectivity index (χ0n) is 14.6. The molecule has 0 radical (unpaired) electrons. The molecule has 142 valence electrons. The lowest BCUT2D eigenvalue weighted by Crippen LogP contribution is -2.42. The largest absolute Gasteiger partial charge is 0.325 e. The van der Waals surface area contributed by atoms with Crippen molar-refractivity contribution in [3.8, 4) is 6.07 Å². The lowest BCUT2D eigenvalue weighted by atomic mass is 9.92. The fraction of sp³-hybridized carbons (Fsp3) is 0.158. The molecule has 4 amide bonds. The van der Waals surface area contributed by atoms with Crippen molar-refractivity contribution in [1.29, 1.82) is 5.26 Å². The Bertz CT molecular complexity index is 1040. The summed E-state index contributed by atoms with van der Waals surface area (Å²) in [6, 6.07) is 12.7. The second-order valence-corrected chi connectivity index (χ2v) is 7.63. The molecule has 0 aliphatic carbocycles. The van der Waals surface area contributed by atoms with Gasteiger partial charge in [-0.05, 0) is 42.8 Å². The maximum Gasteiger partial charge on any atom is 0.325 e. The van der Waals surface area contributed by atoms with E-state index in [-0.39, 0.29) is 10.6 Å². The monoisotopic (exact) mass is 460 g/mol. The van der Waals surface area contributed by atoms with Gasteiger partial charge in [-0.3, -0.25) is 14.5 Å². The number of nitrogens with zero attached hydrogens (tertiary/aromatic N) is 2. The summed E-state index contributed by atoms with van der Waals surface area (Å²) in [7, 11) is 0. The minimum atomic E-state index is -1.26. The third-order valence-corrected chi connectivity index (χ3v) is 5.16. The minimum absolute atomic E-state index is 0.192. The van der Waals surface area contributed by atoms with E-state index in [1.165, 1.54) is 18.2 Å². The molecule has 1 saturated heterocycles. The first-order valence-corrected chi connectivity index (χ1v) is 9.31. The first kappa shape index (κ1) is 19.9. The third kappa shape index (κ3) is 3.72. The van der Waals surface area contributed by atoms with Crippen LogP contribution in [-0.2, 0) is 15.1 Å². The molecule has 0 saturated carbocycles. The summed E-state index contributed by atoms with van der Waals surface area (Å²) in [5.74, 6) is -1.09. The SMILES string of the molecule is CC1(c2cccc(Br)c2)NC(=O)N(CC(=O)Nc2ccc(C#N)c(Cl)c2)C1=O. The van der Waals surface area contributed by atoms with Crippen LogP contribution >= 0.6 is 27.5 Å². The van der Waals surface area contributed by atoms with E-state index in [0.29, 0.717) is 11.3 Å². The normalized spacial score (nSPS) is 18.6. The number of hydrogen-bond donors (Lipinski definition) is 2. The number of rotatable bonds is 4. The van der Waals surface area contributed by atoms with Gasteiger partial charge in [-0.15, -0.1) is 0 Å². The summed E-state index contributed by atoms with van der Waals surface area (Å²) >= 11 is 9.29. The van der Waals surface area contributed by atoms with Crippen LogP contribution in [0.1, 0.15) is 18.1 Å². The van der Waals surface area contributed by atoms with Gasteiger partial charge in [0.05, 0.1) is 10.6 Å². The van der Waals surface area contributed by atoms with Gasteiger partial charge in [-0.2, -0.15) is 5.26 Å². The van der Waals surface area contributed by atoms with Gasteiger partial charge >= 0.3 is 6.03 Å². The molecule has 1 aliphatic rings. The summed E-state index contributed by atoms with van der Waals surface area (Å²) in [6.45, 7) is 1.14. The first-order chi connectivity index (χ1) is 13.2. The smallest absolute Gasteiger partial charge is 0.324 e. The Morgan fingerprint density at radius 1 is 1.32 bits per heavy atom. The van der Waals surface area contributed by atoms with E-state index in [1.807, 2.05) is 12.1 Å². The lowest BCUT2D eigenvalue weighted by Gasteiger charge is -2.22. The molecule has 2 N–H and O–H groups in total. The van der Waals surface area contributed by atoms with Crippen LogP contribution in [0, 0.1) is 11.3 Å². The predicted octanol–water partition coefficient (Wildman–Crippen LogP) is 3.38. The van der Waals surface area contributed by atoms with E-state index in [2.05, 4.69) is 26.6 Å². The molecule has 2 aromatic carbocycles. The van der Waals surface area contributed by atoms with Gasteiger partial charge in [-0.25, -0.2) is 4.79 Å². The summed E-state index contributed by atoms with van der Waals surface area (Å²) < 4.78 is 0.766. The van der Waals surface area contributed by atoms with Crippen LogP contribution in [0.2, 0.25) is 5.02 Å². The molecular weight excluding hydrogens is 448 g/mol. The molecule has 7 nitrogen and oxygen atoms in total. The van der Waals surface area contributed by atoms with Crippen molar-refractivity contribution < 1.29 is 14.4 Å². The van der Waals surface area contributed by atoms with Gasteiger partial charge in [0.25, 0.3) is 5.91 Å². The summed E-state index contributed by atoms with van der Waals surface area (Å²) in [5, 5.41) is 14.3. The number of carbonyl (C=O) groups excluding carboxylic acids is 3. The number of nitriles is 1. The van der Waals surface area contributed by atoms with E-state index in [9.17, 15) is 14.4 Å². The second kappa shape index (κ2) is 7.62. The van der Waals surface area contributed by atoms with Crippen molar-refractivity contribution in [2.75, 3.05) is 11.9 Å². The molecule has 1 heterocycles. The fourth-order valence-corrected chi connectivity index (χ4v) is 3.49. The number of imide groups is 1. The Morgan fingerprint density at radius 2 is 2.07 bits per heavy atom. The average molecular weight is 462 g/mol. The molecule has 0 spiro atoms. The fourth-order valence-electron chi connectivity index (χ4n) is 2.86. The number of urea groups is 1. The quantitative estimate of drug-likeness (QED) is 0.681. The van der Waals surface area contributed by atoms with Crippen LogP contribution in [-0.4, -0.2) is 29.3 Å². The van der Waals surface area contributed by atoms with Gasteiger partial charge < -0.3 is 10.6 Å².